The third-order valence-electron chi connectivity index (χ3n) is 5.37. The van der Waals surface area contributed by atoms with Crippen molar-refractivity contribution in [3.05, 3.63) is 0 Å². The van der Waals surface area contributed by atoms with Gasteiger partial charge in [-0.15, -0.1) is 0 Å². The smallest absolute Gasteiger partial charge is 0.323 e. The Morgan fingerprint density at radius 1 is 1.08 bits per heavy atom. The van der Waals surface area contributed by atoms with Crippen LogP contribution in [0.4, 0.5) is 0 Å². The van der Waals surface area contributed by atoms with Gasteiger partial charge in [0.1, 0.15) is 6.04 Å². The van der Waals surface area contributed by atoms with Crippen LogP contribution in [0, 0.1) is 11.8 Å². The number of piperidine rings is 2. The summed E-state index contributed by atoms with van der Waals surface area (Å²) in [5.74, 6) is 0.673. The molecule has 3 heterocycles. The van der Waals surface area contributed by atoms with Crippen LogP contribution in [0.25, 0.3) is 0 Å². The quantitative estimate of drug-likeness (QED) is 0.743. The van der Waals surface area contributed by atoms with Crippen molar-refractivity contribution in [2.24, 2.45) is 11.8 Å². The van der Waals surface area contributed by atoms with E-state index in [2.05, 4.69) is 23.5 Å². The second-order valence-corrected chi connectivity index (χ2v) is 9.37. The van der Waals surface area contributed by atoms with Crippen molar-refractivity contribution in [2.45, 2.75) is 51.6 Å². The number of esters is 1. The van der Waals surface area contributed by atoms with Gasteiger partial charge in [-0.1, -0.05) is 13.8 Å². The van der Waals surface area contributed by atoms with Crippen LogP contribution in [0.2, 0.25) is 0 Å². The molecule has 0 aromatic carbocycles. The molecular weight excluding hydrogens is 330 g/mol. The molecule has 3 rings (SSSR count). The molecule has 0 saturated carbocycles. The topological polar surface area (TPSA) is 79.0 Å². The zero-order chi connectivity index (χ0) is 17.3. The van der Waals surface area contributed by atoms with E-state index in [1.807, 2.05) is 0 Å². The van der Waals surface area contributed by atoms with Crippen molar-refractivity contribution in [3.8, 4) is 0 Å². The first-order chi connectivity index (χ1) is 11.3. The summed E-state index contributed by atoms with van der Waals surface area (Å²) in [7, 11) is -3.42. The van der Waals surface area contributed by atoms with E-state index >= 15 is 0 Å². The van der Waals surface area contributed by atoms with Crippen LogP contribution in [0.3, 0.4) is 0 Å². The Hall–Kier alpha value is -0.700. The zero-order valence-electron chi connectivity index (χ0n) is 14.6. The number of hydrogen-bond acceptors (Lipinski definition) is 5. The molecule has 3 aliphatic rings. The molecule has 0 spiro atoms. The number of nitrogens with one attached hydrogen (secondary N) is 1. The average Bonchev–Trinajstić information content (AvgIpc) is 2.93. The summed E-state index contributed by atoms with van der Waals surface area (Å²) >= 11 is 0. The van der Waals surface area contributed by atoms with Crippen molar-refractivity contribution >= 4 is 16.2 Å². The Bertz CT molecular complexity index is 550. The van der Waals surface area contributed by atoms with E-state index in [1.165, 1.54) is 0 Å². The Labute approximate surface area is 144 Å². The number of nitrogens with zero attached hydrogens (tertiary/aromatic N) is 2. The Kier molecular flexibility index (Phi) is 5.48. The molecule has 0 bridgehead atoms. The Morgan fingerprint density at radius 3 is 2.25 bits per heavy atom. The van der Waals surface area contributed by atoms with Crippen LogP contribution in [0.15, 0.2) is 0 Å². The van der Waals surface area contributed by atoms with Crippen LogP contribution in [0.5, 0.6) is 0 Å². The van der Waals surface area contributed by atoms with E-state index < -0.39 is 10.2 Å². The molecule has 0 unspecified atom stereocenters. The molecule has 3 aliphatic heterocycles. The maximum atomic E-state index is 12.7. The van der Waals surface area contributed by atoms with Crippen molar-refractivity contribution in [1.29, 1.82) is 0 Å². The first kappa shape index (κ1) is 18.1. The van der Waals surface area contributed by atoms with E-state index in [9.17, 15) is 13.2 Å². The lowest BCUT2D eigenvalue weighted by Crippen LogP contribution is -2.54. The summed E-state index contributed by atoms with van der Waals surface area (Å²) in [6, 6.07) is -0.178. The zero-order valence-corrected chi connectivity index (χ0v) is 15.4. The summed E-state index contributed by atoms with van der Waals surface area (Å²) in [6.07, 6.45) is 3.31. The van der Waals surface area contributed by atoms with Gasteiger partial charge in [-0.25, -0.2) is 0 Å². The number of hydrogen-bond donors (Lipinski definition) is 1. The number of likely N-dealkylation sites (tertiary alicyclic amines) is 1. The molecule has 0 aromatic heterocycles. The Balaban J connectivity index is 1.52. The molecule has 3 saturated heterocycles. The van der Waals surface area contributed by atoms with Gasteiger partial charge >= 0.3 is 5.97 Å². The minimum atomic E-state index is -3.42. The molecule has 0 aliphatic carbocycles. The van der Waals surface area contributed by atoms with E-state index in [4.69, 9.17) is 4.74 Å². The lowest BCUT2D eigenvalue weighted by atomic mass is 9.94. The van der Waals surface area contributed by atoms with Gasteiger partial charge in [0.25, 0.3) is 10.2 Å². The Morgan fingerprint density at radius 2 is 1.71 bits per heavy atom. The molecule has 24 heavy (non-hydrogen) atoms. The number of carbonyl (C=O) groups is 1. The summed E-state index contributed by atoms with van der Waals surface area (Å²) < 4.78 is 34.8. The highest BCUT2D eigenvalue weighted by Crippen LogP contribution is 2.24. The third-order valence-corrected chi connectivity index (χ3v) is 6.98. The molecular formula is C16H29N3O4S. The van der Waals surface area contributed by atoms with Crippen LogP contribution >= 0.6 is 0 Å². The monoisotopic (exact) mass is 359 g/mol. The minimum absolute atomic E-state index is 0.0452. The van der Waals surface area contributed by atoms with Gasteiger partial charge in [0.15, 0.2) is 0 Å². The highest BCUT2D eigenvalue weighted by Gasteiger charge is 2.36. The van der Waals surface area contributed by atoms with E-state index in [0.717, 1.165) is 38.8 Å². The summed E-state index contributed by atoms with van der Waals surface area (Å²) in [5, 5.41) is 0. The lowest BCUT2D eigenvalue weighted by Gasteiger charge is -2.37. The highest BCUT2D eigenvalue weighted by atomic mass is 32.2. The SMILES string of the molecule is C[C@@H]1C[C@H](C)CN(S(=O)(=O)NC2CCN([C@H]3CCOC3=O)CC2)C1. The van der Waals surface area contributed by atoms with Gasteiger partial charge in [0.2, 0.25) is 0 Å². The lowest BCUT2D eigenvalue weighted by molar-refractivity contribution is -0.142. The maximum Gasteiger partial charge on any atom is 0.323 e. The maximum absolute atomic E-state index is 12.7. The minimum Gasteiger partial charge on any atom is -0.464 e. The average molecular weight is 359 g/mol. The molecule has 7 nitrogen and oxygen atoms in total. The van der Waals surface area contributed by atoms with Gasteiger partial charge in [0.05, 0.1) is 6.61 Å². The number of rotatable bonds is 4. The summed E-state index contributed by atoms with van der Waals surface area (Å²) in [4.78, 5) is 13.8. The number of cyclic esters (lactones) is 1. The van der Waals surface area contributed by atoms with E-state index in [1.54, 1.807) is 4.31 Å². The highest BCUT2D eigenvalue weighted by molar-refractivity contribution is 7.87. The summed E-state index contributed by atoms with van der Waals surface area (Å²) in [6.45, 7) is 7.40. The predicted octanol–water partition coefficient (Wildman–Crippen LogP) is 0.579. The molecule has 1 N–H and O–H groups in total. The third kappa shape index (κ3) is 4.09. The predicted molar refractivity (Wildman–Crippen MR) is 90.5 cm³/mol. The number of ether oxygens (including phenoxy) is 1. The van der Waals surface area contributed by atoms with Crippen LogP contribution in [-0.4, -0.2) is 68.5 Å². The van der Waals surface area contributed by atoms with Crippen LogP contribution < -0.4 is 4.72 Å². The van der Waals surface area contributed by atoms with Crippen molar-refractivity contribution < 1.29 is 17.9 Å². The molecule has 3 atom stereocenters. The standard InChI is InChI=1S/C16H29N3O4S/c1-12-9-13(2)11-19(10-12)24(21,22)17-14-3-6-18(7-4-14)15-5-8-23-16(15)20/h12-15,17H,3-11H2,1-2H3/t12-,13+,15-/m0/s1. The van der Waals surface area contributed by atoms with Gasteiger partial charge in [-0.3, -0.25) is 9.69 Å². The fraction of sp³-hybridized carbons (Fsp3) is 0.938. The van der Waals surface area contributed by atoms with Gasteiger partial charge in [-0.2, -0.15) is 17.4 Å². The first-order valence-corrected chi connectivity index (χ1v) is 10.5. The van der Waals surface area contributed by atoms with Crippen molar-refractivity contribution in [1.82, 2.24) is 13.9 Å². The second-order valence-electron chi connectivity index (χ2n) is 7.67. The van der Waals surface area contributed by atoms with Gasteiger partial charge in [0, 0.05) is 38.6 Å². The fourth-order valence-corrected chi connectivity index (χ4v) is 5.94. The van der Waals surface area contributed by atoms with E-state index in [-0.39, 0.29) is 18.1 Å². The molecule has 0 amide bonds. The van der Waals surface area contributed by atoms with Gasteiger partial charge in [-0.05, 0) is 31.1 Å². The van der Waals surface area contributed by atoms with Crippen LogP contribution in [-0.2, 0) is 19.7 Å². The van der Waals surface area contributed by atoms with Crippen LogP contribution in [0.1, 0.15) is 39.5 Å². The molecule has 138 valence electrons. The fourth-order valence-electron chi connectivity index (χ4n) is 4.23. The summed E-state index contributed by atoms with van der Waals surface area (Å²) in [5.41, 5.74) is 0. The van der Waals surface area contributed by atoms with Crippen molar-refractivity contribution in [3.63, 3.8) is 0 Å². The van der Waals surface area contributed by atoms with Gasteiger partial charge < -0.3 is 4.74 Å². The molecule has 0 aromatic rings. The largest absolute Gasteiger partial charge is 0.464 e. The van der Waals surface area contributed by atoms with Crippen molar-refractivity contribution in [2.75, 3.05) is 32.8 Å². The van der Waals surface area contributed by atoms with E-state index in [0.29, 0.717) is 31.5 Å². The molecule has 3 fully saturated rings. The molecule has 0 radical (unpaired) electrons. The normalized spacial score (nSPS) is 34.4. The first-order valence-electron chi connectivity index (χ1n) is 9.03. The molecule has 8 heteroatoms. The number of carbonyl (C=O) groups excluding carboxylic acids is 1. The second kappa shape index (κ2) is 7.27.